The fourth-order valence-corrected chi connectivity index (χ4v) is 2.87. The largest absolute Gasteiger partial charge is 0.480 e. The van der Waals surface area contributed by atoms with E-state index >= 15 is 0 Å². The van der Waals surface area contributed by atoms with E-state index in [0.717, 1.165) is 4.31 Å². The molecule has 0 spiro atoms. The van der Waals surface area contributed by atoms with E-state index in [9.17, 15) is 18.0 Å². The monoisotopic (exact) mass is 252 g/mol. The summed E-state index contributed by atoms with van der Waals surface area (Å²) in [6.07, 6.45) is 0. The van der Waals surface area contributed by atoms with Crippen molar-refractivity contribution in [3.63, 3.8) is 0 Å². The number of piperazine rings is 1. The molecule has 8 nitrogen and oxygen atoms in total. The summed E-state index contributed by atoms with van der Waals surface area (Å²) >= 11 is 0. The highest BCUT2D eigenvalue weighted by Gasteiger charge is 2.37. The summed E-state index contributed by atoms with van der Waals surface area (Å²) in [5.41, 5.74) is 0. The van der Waals surface area contributed by atoms with E-state index in [1.807, 2.05) is 0 Å². The van der Waals surface area contributed by atoms with Crippen molar-refractivity contribution >= 4 is 22.0 Å². The molecule has 0 amide bonds. The normalized spacial score (nSPS) is 22.9. The van der Waals surface area contributed by atoms with E-state index < -0.39 is 33.8 Å². The first-order chi connectivity index (χ1) is 7.34. The zero-order chi connectivity index (χ0) is 12.3. The smallest absolute Gasteiger partial charge is 0.323 e. The predicted octanol–water partition coefficient (Wildman–Crippen LogP) is -2.24. The Labute approximate surface area is 91.9 Å². The first-order valence-electron chi connectivity index (χ1n) is 4.49. The highest BCUT2D eigenvalue weighted by atomic mass is 32.2. The van der Waals surface area contributed by atoms with Crippen molar-refractivity contribution in [2.24, 2.45) is 0 Å². The van der Waals surface area contributed by atoms with E-state index in [2.05, 4.69) is 5.32 Å². The highest BCUT2D eigenvalue weighted by Crippen LogP contribution is 2.10. The lowest BCUT2D eigenvalue weighted by atomic mass is 10.2. The third-order valence-electron chi connectivity index (χ3n) is 2.14. The molecule has 1 aliphatic rings. The minimum Gasteiger partial charge on any atom is -0.480 e. The average Bonchev–Trinajstić information content (AvgIpc) is 2.15. The number of nitrogens with one attached hydrogen (secondary N) is 1. The van der Waals surface area contributed by atoms with Gasteiger partial charge in [0.1, 0.15) is 6.04 Å². The molecule has 1 saturated heterocycles. The Bertz CT molecular complexity index is 392. The van der Waals surface area contributed by atoms with Crippen LogP contribution in [0.1, 0.15) is 0 Å². The molecule has 0 saturated carbocycles. The molecule has 1 rings (SSSR count). The van der Waals surface area contributed by atoms with Gasteiger partial charge < -0.3 is 15.5 Å². The van der Waals surface area contributed by atoms with Crippen LogP contribution in [0, 0.1) is 0 Å². The maximum atomic E-state index is 11.6. The van der Waals surface area contributed by atoms with Gasteiger partial charge in [-0.1, -0.05) is 0 Å². The second-order valence-corrected chi connectivity index (χ2v) is 5.24. The number of sulfonamides is 1. The number of carboxylic acid groups (broad SMARTS) is 2. The Morgan fingerprint density at radius 1 is 1.38 bits per heavy atom. The van der Waals surface area contributed by atoms with Crippen LogP contribution in [0.5, 0.6) is 0 Å². The van der Waals surface area contributed by atoms with Gasteiger partial charge in [-0.3, -0.25) is 9.59 Å². The Kier molecular flexibility index (Phi) is 3.83. The number of hydrogen-bond acceptors (Lipinski definition) is 5. The van der Waals surface area contributed by atoms with Gasteiger partial charge in [0.05, 0.1) is 0 Å². The van der Waals surface area contributed by atoms with Crippen LogP contribution in [0.4, 0.5) is 0 Å². The summed E-state index contributed by atoms with van der Waals surface area (Å²) in [7, 11) is -4.06. The number of aliphatic carboxylic acids is 2. The predicted molar refractivity (Wildman–Crippen MR) is 52.4 cm³/mol. The van der Waals surface area contributed by atoms with Crippen molar-refractivity contribution in [2.45, 2.75) is 6.04 Å². The van der Waals surface area contributed by atoms with Crippen molar-refractivity contribution in [2.75, 3.05) is 25.4 Å². The van der Waals surface area contributed by atoms with Gasteiger partial charge in [-0.25, -0.2) is 8.42 Å². The standard InChI is InChI=1S/C7H12N2O6S/c10-6(11)4-16(14,15)9-2-1-8-3-5(9)7(12)13/h5,8H,1-4H2,(H,10,11)(H,12,13). The molecule has 0 aliphatic carbocycles. The lowest BCUT2D eigenvalue weighted by Gasteiger charge is -2.31. The van der Waals surface area contributed by atoms with Crippen LogP contribution in [-0.4, -0.2) is 66.3 Å². The summed E-state index contributed by atoms with van der Waals surface area (Å²) in [6.45, 7) is 0.253. The van der Waals surface area contributed by atoms with E-state index in [1.165, 1.54) is 0 Å². The van der Waals surface area contributed by atoms with E-state index in [-0.39, 0.29) is 13.1 Å². The van der Waals surface area contributed by atoms with Gasteiger partial charge in [-0.05, 0) is 0 Å². The number of nitrogens with zero attached hydrogens (tertiary/aromatic N) is 1. The van der Waals surface area contributed by atoms with Crippen molar-refractivity contribution in [3.8, 4) is 0 Å². The molecule has 1 aliphatic heterocycles. The zero-order valence-corrected chi connectivity index (χ0v) is 9.11. The molecule has 0 radical (unpaired) electrons. The summed E-state index contributed by atoms with van der Waals surface area (Å²) < 4.78 is 23.9. The first kappa shape index (κ1) is 12.9. The molecular formula is C7H12N2O6S. The van der Waals surface area contributed by atoms with E-state index in [4.69, 9.17) is 10.2 Å². The van der Waals surface area contributed by atoms with Crippen LogP contribution in [0.2, 0.25) is 0 Å². The van der Waals surface area contributed by atoms with Crippen LogP contribution < -0.4 is 5.32 Å². The average molecular weight is 252 g/mol. The van der Waals surface area contributed by atoms with Crippen molar-refractivity contribution < 1.29 is 28.2 Å². The number of hydrogen-bond donors (Lipinski definition) is 3. The SMILES string of the molecule is O=C(O)CS(=O)(=O)N1CCNCC1C(=O)O. The Morgan fingerprint density at radius 3 is 2.50 bits per heavy atom. The second kappa shape index (κ2) is 4.76. The molecular weight excluding hydrogens is 240 g/mol. The minimum absolute atomic E-state index is 0.0197. The fraction of sp³-hybridized carbons (Fsp3) is 0.714. The topological polar surface area (TPSA) is 124 Å². The van der Waals surface area contributed by atoms with Gasteiger partial charge in [-0.15, -0.1) is 0 Å². The molecule has 0 bridgehead atoms. The van der Waals surface area contributed by atoms with Crippen LogP contribution >= 0.6 is 0 Å². The number of rotatable bonds is 4. The lowest BCUT2D eigenvalue weighted by Crippen LogP contribution is -2.57. The van der Waals surface area contributed by atoms with Gasteiger partial charge in [0.2, 0.25) is 10.0 Å². The van der Waals surface area contributed by atoms with Crippen LogP contribution in [0.25, 0.3) is 0 Å². The summed E-state index contributed by atoms with van der Waals surface area (Å²) in [5.74, 6) is -3.87. The molecule has 1 unspecified atom stereocenters. The van der Waals surface area contributed by atoms with Gasteiger partial charge in [0, 0.05) is 19.6 Å². The third-order valence-corrected chi connectivity index (χ3v) is 3.91. The Balaban J connectivity index is 2.90. The van der Waals surface area contributed by atoms with Crippen molar-refractivity contribution in [1.29, 1.82) is 0 Å². The summed E-state index contributed by atoms with van der Waals surface area (Å²) in [6, 6.07) is -1.24. The lowest BCUT2D eigenvalue weighted by molar-refractivity contribution is -0.142. The second-order valence-electron chi connectivity index (χ2n) is 3.32. The van der Waals surface area contributed by atoms with Gasteiger partial charge >= 0.3 is 11.9 Å². The zero-order valence-electron chi connectivity index (χ0n) is 8.29. The first-order valence-corrected chi connectivity index (χ1v) is 6.10. The Morgan fingerprint density at radius 2 is 2.00 bits per heavy atom. The number of carbonyl (C=O) groups is 2. The van der Waals surface area contributed by atoms with Gasteiger partial charge in [-0.2, -0.15) is 4.31 Å². The molecule has 0 aromatic carbocycles. The number of carboxylic acids is 2. The molecule has 1 heterocycles. The molecule has 0 aromatic rings. The molecule has 0 aromatic heterocycles. The van der Waals surface area contributed by atoms with Crippen molar-refractivity contribution in [3.05, 3.63) is 0 Å². The van der Waals surface area contributed by atoms with Gasteiger partial charge in [0.15, 0.2) is 5.75 Å². The van der Waals surface area contributed by atoms with E-state index in [1.54, 1.807) is 0 Å². The quantitative estimate of drug-likeness (QED) is 0.516. The molecule has 16 heavy (non-hydrogen) atoms. The maximum Gasteiger partial charge on any atom is 0.323 e. The van der Waals surface area contributed by atoms with Crippen LogP contribution in [0.15, 0.2) is 0 Å². The highest BCUT2D eigenvalue weighted by molar-refractivity contribution is 7.89. The van der Waals surface area contributed by atoms with Crippen LogP contribution in [-0.2, 0) is 19.6 Å². The molecule has 92 valence electrons. The maximum absolute atomic E-state index is 11.6. The molecule has 1 atom stereocenters. The Hall–Kier alpha value is -1.19. The molecule has 9 heteroatoms. The van der Waals surface area contributed by atoms with Crippen molar-refractivity contribution in [1.82, 2.24) is 9.62 Å². The molecule has 1 fully saturated rings. The van der Waals surface area contributed by atoms with Crippen LogP contribution in [0.3, 0.4) is 0 Å². The molecule has 3 N–H and O–H groups in total. The minimum atomic E-state index is -4.06. The summed E-state index contributed by atoms with van der Waals surface area (Å²) in [4.78, 5) is 21.2. The third kappa shape index (κ3) is 2.90. The fourth-order valence-electron chi connectivity index (χ4n) is 1.47. The summed E-state index contributed by atoms with van der Waals surface area (Å²) in [5, 5.41) is 20.0. The van der Waals surface area contributed by atoms with Gasteiger partial charge in [0.25, 0.3) is 0 Å². The van der Waals surface area contributed by atoms with E-state index in [0.29, 0.717) is 6.54 Å².